The lowest BCUT2D eigenvalue weighted by atomic mass is 10.1. The largest absolute Gasteiger partial charge is 0.493 e. The van der Waals surface area contributed by atoms with Crippen molar-refractivity contribution in [3.63, 3.8) is 0 Å². The second-order valence-electron chi connectivity index (χ2n) is 5.54. The Morgan fingerprint density at radius 1 is 0.889 bits per heavy atom. The molecule has 1 amide bonds. The summed E-state index contributed by atoms with van der Waals surface area (Å²) in [5.74, 6) is -0.178. The van der Waals surface area contributed by atoms with Crippen LogP contribution in [0.4, 0.5) is 0 Å². The molecule has 0 fully saturated rings. The van der Waals surface area contributed by atoms with E-state index < -0.39 is 5.97 Å². The Kier molecular flexibility index (Phi) is 7.49. The number of amides is 1. The molecule has 0 aromatic heterocycles. The van der Waals surface area contributed by atoms with Gasteiger partial charge in [0.05, 0.1) is 21.3 Å². The number of carbonyl (C=O) groups excluding carboxylic acids is 2. The summed E-state index contributed by atoms with van der Waals surface area (Å²) in [7, 11) is 4.33. The van der Waals surface area contributed by atoms with Gasteiger partial charge in [-0.1, -0.05) is 30.3 Å². The topological polar surface area (TPSA) is 83.1 Å². The highest BCUT2D eigenvalue weighted by molar-refractivity contribution is 5.95. The predicted octanol–water partition coefficient (Wildman–Crippen LogP) is 2.23. The van der Waals surface area contributed by atoms with Crippen molar-refractivity contribution < 1.29 is 28.5 Å². The summed E-state index contributed by atoms with van der Waals surface area (Å²) < 4.78 is 20.7. The van der Waals surface area contributed by atoms with E-state index in [1.807, 2.05) is 30.3 Å². The summed E-state index contributed by atoms with van der Waals surface area (Å²) >= 11 is 0. The molecule has 0 aliphatic heterocycles. The van der Waals surface area contributed by atoms with Crippen LogP contribution in [0.15, 0.2) is 42.5 Å². The molecule has 0 saturated carbocycles. The van der Waals surface area contributed by atoms with Crippen molar-refractivity contribution in [1.29, 1.82) is 0 Å². The molecule has 0 bridgehead atoms. The zero-order chi connectivity index (χ0) is 19.6. The average Bonchev–Trinajstić information content (AvgIpc) is 2.71. The van der Waals surface area contributed by atoms with E-state index in [1.165, 1.54) is 27.4 Å². The molecule has 2 rings (SSSR count). The van der Waals surface area contributed by atoms with Crippen LogP contribution >= 0.6 is 0 Å². The fourth-order valence-corrected chi connectivity index (χ4v) is 2.51. The van der Waals surface area contributed by atoms with Gasteiger partial charge in [0.15, 0.2) is 18.1 Å². The first-order chi connectivity index (χ1) is 13.1. The van der Waals surface area contributed by atoms with E-state index in [0.717, 1.165) is 5.56 Å². The second-order valence-corrected chi connectivity index (χ2v) is 5.54. The van der Waals surface area contributed by atoms with Crippen molar-refractivity contribution in [3.05, 3.63) is 53.6 Å². The monoisotopic (exact) mass is 373 g/mol. The van der Waals surface area contributed by atoms with Crippen molar-refractivity contribution in [3.8, 4) is 17.2 Å². The number of hydrogen-bond acceptors (Lipinski definition) is 6. The first-order valence-electron chi connectivity index (χ1n) is 8.37. The number of benzene rings is 2. The molecule has 0 heterocycles. The van der Waals surface area contributed by atoms with Crippen LogP contribution in [0.1, 0.15) is 15.9 Å². The Morgan fingerprint density at radius 3 is 2.22 bits per heavy atom. The van der Waals surface area contributed by atoms with Crippen molar-refractivity contribution in [2.75, 3.05) is 34.5 Å². The van der Waals surface area contributed by atoms with E-state index in [4.69, 9.17) is 18.9 Å². The minimum absolute atomic E-state index is 0.146. The molecule has 7 nitrogen and oxygen atoms in total. The lowest BCUT2D eigenvalue weighted by molar-refractivity contribution is -0.124. The maximum Gasteiger partial charge on any atom is 0.342 e. The number of rotatable bonds is 9. The molecule has 2 aromatic carbocycles. The number of nitrogens with one attached hydrogen (secondary N) is 1. The Labute approximate surface area is 158 Å². The summed E-state index contributed by atoms with van der Waals surface area (Å²) in [5, 5.41) is 2.72. The van der Waals surface area contributed by atoms with Crippen LogP contribution in [-0.2, 0) is 16.0 Å². The van der Waals surface area contributed by atoms with Crippen LogP contribution in [-0.4, -0.2) is 46.4 Å². The number of carbonyl (C=O) groups is 2. The average molecular weight is 373 g/mol. The van der Waals surface area contributed by atoms with Crippen molar-refractivity contribution >= 4 is 11.9 Å². The fourth-order valence-electron chi connectivity index (χ4n) is 2.51. The van der Waals surface area contributed by atoms with Gasteiger partial charge < -0.3 is 24.3 Å². The molecule has 0 radical (unpaired) electrons. The molecule has 7 heteroatoms. The highest BCUT2D eigenvalue weighted by atomic mass is 16.5. The molecule has 2 aromatic rings. The van der Waals surface area contributed by atoms with Gasteiger partial charge in [0.2, 0.25) is 5.75 Å². The Bertz CT molecular complexity index is 776. The van der Waals surface area contributed by atoms with Crippen LogP contribution < -0.4 is 19.5 Å². The molecular formula is C20H23NO6. The van der Waals surface area contributed by atoms with Gasteiger partial charge in [-0.2, -0.15) is 0 Å². The Hall–Kier alpha value is -3.22. The van der Waals surface area contributed by atoms with Gasteiger partial charge in [0, 0.05) is 6.54 Å². The summed E-state index contributed by atoms with van der Waals surface area (Å²) in [6.07, 6.45) is 0.698. The molecule has 27 heavy (non-hydrogen) atoms. The van der Waals surface area contributed by atoms with Crippen molar-refractivity contribution in [1.82, 2.24) is 5.32 Å². The quantitative estimate of drug-likeness (QED) is 0.679. The normalized spacial score (nSPS) is 10.0. The zero-order valence-electron chi connectivity index (χ0n) is 15.6. The molecule has 0 aliphatic carbocycles. The van der Waals surface area contributed by atoms with Gasteiger partial charge in [0.25, 0.3) is 5.91 Å². The number of ether oxygens (including phenoxy) is 4. The first-order valence-corrected chi connectivity index (χ1v) is 8.37. The van der Waals surface area contributed by atoms with Gasteiger partial charge >= 0.3 is 5.97 Å². The summed E-state index contributed by atoms with van der Waals surface area (Å²) in [4.78, 5) is 24.2. The molecule has 1 N–H and O–H groups in total. The lowest BCUT2D eigenvalue weighted by Crippen LogP contribution is -2.30. The molecule has 144 valence electrons. The first kappa shape index (κ1) is 20.1. The van der Waals surface area contributed by atoms with E-state index in [0.29, 0.717) is 18.7 Å². The van der Waals surface area contributed by atoms with Gasteiger partial charge in [-0.3, -0.25) is 4.79 Å². The van der Waals surface area contributed by atoms with Crippen LogP contribution in [0.25, 0.3) is 0 Å². The van der Waals surface area contributed by atoms with E-state index in [1.54, 1.807) is 6.07 Å². The Balaban J connectivity index is 1.90. The summed E-state index contributed by atoms with van der Waals surface area (Å²) in [5.41, 5.74) is 1.26. The third-order valence-corrected chi connectivity index (χ3v) is 3.84. The van der Waals surface area contributed by atoms with Gasteiger partial charge in [-0.25, -0.2) is 4.79 Å². The molecule has 0 spiro atoms. The van der Waals surface area contributed by atoms with Crippen molar-refractivity contribution in [2.45, 2.75) is 6.42 Å². The van der Waals surface area contributed by atoms with Crippen LogP contribution in [0.2, 0.25) is 0 Å². The molecule has 0 atom stereocenters. The zero-order valence-corrected chi connectivity index (χ0v) is 15.6. The van der Waals surface area contributed by atoms with Gasteiger partial charge in [0.1, 0.15) is 5.56 Å². The fraction of sp³-hybridized carbons (Fsp3) is 0.300. The smallest absolute Gasteiger partial charge is 0.342 e. The third-order valence-electron chi connectivity index (χ3n) is 3.84. The van der Waals surface area contributed by atoms with Crippen LogP contribution in [0.5, 0.6) is 17.2 Å². The van der Waals surface area contributed by atoms with Gasteiger partial charge in [-0.15, -0.1) is 0 Å². The standard InChI is InChI=1S/C20H23NO6/c1-24-16-10-9-15(18(25-2)19(16)26-3)20(23)27-13-17(22)21-12-11-14-7-5-4-6-8-14/h4-10H,11-13H2,1-3H3,(H,21,22). The third kappa shape index (κ3) is 5.37. The lowest BCUT2D eigenvalue weighted by Gasteiger charge is -2.15. The SMILES string of the molecule is COc1ccc(C(=O)OCC(=O)NCCc2ccccc2)c(OC)c1OC. The molecule has 0 aliphatic rings. The highest BCUT2D eigenvalue weighted by Gasteiger charge is 2.22. The maximum absolute atomic E-state index is 12.3. The molecular weight excluding hydrogens is 350 g/mol. The minimum Gasteiger partial charge on any atom is -0.493 e. The second kappa shape index (κ2) is 10.1. The number of hydrogen-bond donors (Lipinski definition) is 1. The summed E-state index contributed by atoms with van der Waals surface area (Å²) in [6.45, 7) is 0.0746. The summed E-state index contributed by atoms with van der Waals surface area (Å²) in [6, 6.07) is 12.8. The van der Waals surface area contributed by atoms with Crippen LogP contribution in [0, 0.1) is 0 Å². The maximum atomic E-state index is 12.3. The van der Waals surface area contributed by atoms with E-state index in [2.05, 4.69) is 5.32 Å². The predicted molar refractivity (Wildman–Crippen MR) is 99.5 cm³/mol. The van der Waals surface area contributed by atoms with Crippen molar-refractivity contribution in [2.24, 2.45) is 0 Å². The van der Waals surface area contributed by atoms with E-state index in [9.17, 15) is 9.59 Å². The van der Waals surface area contributed by atoms with Gasteiger partial charge in [-0.05, 0) is 24.1 Å². The number of methoxy groups -OCH3 is 3. The van der Waals surface area contributed by atoms with E-state index >= 15 is 0 Å². The molecule has 0 unspecified atom stereocenters. The number of esters is 1. The Morgan fingerprint density at radius 2 is 1.59 bits per heavy atom. The van der Waals surface area contributed by atoms with E-state index in [-0.39, 0.29) is 29.6 Å². The molecule has 0 saturated heterocycles. The highest BCUT2D eigenvalue weighted by Crippen LogP contribution is 2.39. The minimum atomic E-state index is -0.689. The van der Waals surface area contributed by atoms with Crippen LogP contribution in [0.3, 0.4) is 0 Å².